The van der Waals surface area contributed by atoms with Gasteiger partial charge in [-0.05, 0) is 59.2 Å². The maximum Gasteiger partial charge on any atom is -0.0386 e. The molecule has 0 N–H and O–H groups in total. The molecule has 0 nitrogen and oxygen atoms in total. The zero-order valence-electron chi connectivity index (χ0n) is 17.8. The molecule has 0 aromatic rings. The monoisotopic (exact) mass is 310 g/mol. The van der Waals surface area contributed by atoms with Crippen LogP contribution in [0.15, 0.2) is 0 Å². The molecule has 0 aliphatic heterocycles. The van der Waals surface area contributed by atoms with E-state index in [2.05, 4.69) is 83.1 Å². The molecule has 0 radical (unpaired) electrons. The average Bonchev–Trinajstić information content (AvgIpc) is 2.48. The summed E-state index contributed by atoms with van der Waals surface area (Å²) in [4.78, 5) is 0. The highest BCUT2D eigenvalue weighted by Crippen LogP contribution is 2.40. The summed E-state index contributed by atoms with van der Waals surface area (Å²) in [5.74, 6) is 8.02. The van der Waals surface area contributed by atoms with Crippen molar-refractivity contribution in [3.8, 4) is 0 Å². The third kappa shape index (κ3) is 5.57. The van der Waals surface area contributed by atoms with Gasteiger partial charge >= 0.3 is 0 Å². The number of rotatable bonds is 9. The third-order valence-electron chi connectivity index (χ3n) is 7.91. The van der Waals surface area contributed by atoms with Crippen LogP contribution in [-0.4, -0.2) is 0 Å². The Kier molecular flexibility index (Phi) is 9.33. The van der Waals surface area contributed by atoms with Crippen LogP contribution in [-0.2, 0) is 0 Å². The van der Waals surface area contributed by atoms with Gasteiger partial charge in [-0.3, -0.25) is 0 Å². The van der Waals surface area contributed by atoms with Crippen LogP contribution in [0.2, 0.25) is 0 Å². The van der Waals surface area contributed by atoms with Crippen LogP contribution < -0.4 is 0 Å². The molecule has 0 aliphatic carbocycles. The van der Waals surface area contributed by atoms with Crippen LogP contribution in [0.5, 0.6) is 0 Å². The van der Waals surface area contributed by atoms with Crippen LogP contribution in [0.3, 0.4) is 0 Å². The van der Waals surface area contributed by atoms with E-state index < -0.39 is 0 Å². The lowest BCUT2D eigenvalue weighted by Gasteiger charge is -2.40. The minimum atomic E-state index is 0.789. The van der Waals surface area contributed by atoms with Crippen LogP contribution in [0.1, 0.15) is 83.1 Å². The van der Waals surface area contributed by atoms with Crippen LogP contribution in [0, 0.1) is 59.2 Å². The molecule has 5 unspecified atom stereocenters. The summed E-state index contributed by atoms with van der Waals surface area (Å²) in [6.45, 7) is 29.3. The van der Waals surface area contributed by atoms with Crippen molar-refractivity contribution >= 4 is 0 Å². The van der Waals surface area contributed by atoms with Crippen molar-refractivity contribution in [2.24, 2.45) is 59.2 Å². The van der Waals surface area contributed by atoms with Crippen molar-refractivity contribution < 1.29 is 0 Å². The molecule has 8 atom stereocenters. The van der Waals surface area contributed by atoms with Gasteiger partial charge in [0.1, 0.15) is 0 Å². The molecule has 0 rings (SSSR count). The fraction of sp³-hybridized carbons (Fsp3) is 1.00. The van der Waals surface area contributed by atoms with E-state index in [9.17, 15) is 0 Å². The maximum absolute atomic E-state index is 2.50. The SMILES string of the molecule is CC(C)C(C)[C@@H](C)C(C)[C@@H](C)C(C)C(C)C(C)[C@@H](C)C(C)C. The second-order valence-electron chi connectivity index (χ2n) is 9.36. The van der Waals surface area contributed by atoms with E-state index in [1.165, 1.54) is 0 Å². The first-order valence-electron chi connectivity index (χ1n) is 9.93. The Hall–Kier alpha value is 0. The molecule has 0 saturated heterocycles. The molecule has 0 saturated carbocycles. The zero-order valence-corrected chi connectivity index (χ0v) is 17.8. The van der Waals surface area contributed by atoms with E-state index in [4.69, 9.17) is 0 Å². The average molecular weight is 311 g/mol. The van der Waals surface area contributed by atoms with Crippen LogP contribution >= 0.6 is 0 Å². The molecule has 0 fully saturated rings. The van der Waals surface area contributed by atoms with Crippen molar-refractivity contribution in [1.82, 2.24) is 0 Å². The molecule has 0 heteroatoms. The van der Waals surface area contributed by atoms with Gasteiger partial charge in [-0.25, -0.2) is 0 Å². The van der Waals surface area contributed by atoms with Crippen LogP contribution in [0.4, 0.5) is 0 Å². The molecule has 0 aromatic carbocycles. The standard InChI is InChI=1S/C22H46/c1-13(2)15(5)17(7)19(9)21(11)22(12)20(10)18(8)16(6)14(3)4/h13-22H,1-12H3/t15-,16?,17?,18+,19?,20?,21?,22+/m0/s1. The van der Waals surface area contributed by atoms with Gasteiger partial charge in [0, 0.05) is 0 Å². The highest BCUT2D eigenvalue weighted by atomic mass is 14.4. The van der Waals surface area contributed by atoms with E-state index in [0.717, 1.165) is 59.2 Å². The molecule has 0 bridgehead atoms. The molecule has 0 spiro atoms. The maximum atomic E-state index is 2.50. The Balaban J connectivity index is 4.86. The van der Waals surface area contributed by atoms with E-state index in [1.54, 1.807) is 0 Å². The lowest BCUT2D eigenvalue weighted by atomic mass is 9.65. The molecule has 0 aromatic heterocycles. The molecule has 134 valence electrons. The molecular formula is C22H46. The largest absolute Gasteiger partial charge is 0.0625 e. The predicted octanol–water partition coefficient (Wildman–Crippen LogP) is 7.39. The lowest BCUT2D eigenvalue weighted by molar-refractivity contribution is 0.0853. The summed E-state index contributed by atoms with van der Waals surface area (Å²) < 4.78 is 0. The summed E-state index contributed by atoms with van der Waals surface area (Å²) >= 11 is 0. The minimum Gasteiger partial charge on any atom is -0.0625 e. The van der Waals surface area contributed by atoms with E-state index >= 15 is 0 Å². The Morgan fingerprint density at radius 3 is 0.500 bits per heavy atom. The summed E-state index contributed by atoms with van der Waals surface area (Å²) in [5.41, 5.74) is 0. The van der Waals surface area contributed by atoms with Crippen molar-refractivity contribution in [1.29, 1.82) is 0 Å². The van der Waals surface area contributed by atoms with E-state index in [1.807, 2.05) is 0 Å². The summed E-state index contributed by atoms with van der Waals surface area (Å²) in [6.07, 6.45) is 0. The Morgan fingerprint density at radius 2 is 0.364 bits per heavy atom. The van der Waals surface area contributed by atoms with E-state index in [0.29, 0.717) is 0 Å². The zero-order chi connectivity index (χ0) is 17.8. The van der Waals surface area contributed by atoms with Gasteiger partial charge in [-0.15, -0.1) is 0 Å². The van der Waals surface area contributed by atoms with Crippen LogP contribution in [0.25, 0.3) is 0 Å². The molecule has 22 heavy (non-hydrogen) atoms. The first-order chi connectivity index (χ1) is 9.93. The van der Waals surface area contributed by atoms with Gasteiger partial charge in [0.25, 0.3) is 0 Å². The van der Waals surface area contributed by atoms with Gasteiger partial charge in [-0.2, -0.15) is 0 Å². The summed E-state index contributed by atoms with van der Waals surface area (Å²) in [7, 11) is 0. The Morgan fingerprint density at radius 1 is 0.227 bits per heavy atom. The van der Waals surface area contributed by atoms with Gasteiger partial charge in [0.15, 0.2) is 0 Å². The van der Waals surface area contributed by atoms with Crippen molar-refractivity contribution in [2.75, 3.05) is 0 Å². The van der Waals surface area contributed by atoms with E-state index in [-0.39, 0.29) is 0 Å². The van der Waals surface area contributed by atoms with Gasteiger partial charge in [0.05, 0.1) is 0 Å². The van der Waals surface area contributed by atoms with Crippen molar-refractivity contribution in [3.63, 3.8) is 0 Å². The summed E-state index contributed by atoms with van der Waals surface area (Å²) in [6, 6.07) is 0. The smallest absolute Gasteiger partial charge is 0.0386 e. The summed E-state index contributed by atoms with van der Waals surface area (Å²) in [5, 5.41) is 0. The second kappa shape index (κ2) is 9.33. The number of hydrogen-bond acceptors (Lipinski definition) is 0. The third-order valence-corrected chi connectivity index (χ3v) is 7.91. The number of hydrogen-bond donors (Lipinski definition) is 0. The fourth-order valence-corrected chi connectivity index (χ4v) is 4.09. The molecule has 0 aliphatic rings. The fourth-order valence-electron chi connectivity index (χ4n) is 4.09. The molecule has 0 amide bonds. The minimum absolute atomic E-state index is 0.789. The Bertz CT molecular complexity index is 260. The van der Waals surface area contributed by atoms with Crippen molar-refractivity contribution in [2.45, 2.75) is 83.1 Å². The topological polar surface area (TPSA) is 0 Å². The first kappa shape index (κ1) is 22.0. The first-order valence-corrected chi connectivity index (χ1v) is 9.93. The van der Waals surface area contributed by atoms with Gasteiger partial charge < -0.3 is 0 Å². The highest BCUT2D eigenvalue weighted by Gasteiger charge is 2.33. The predicted molar refractivity (Wildman–Crippen MR) is 103 cm³/mol. The normalized spacial score (nSPS) is 23.7. The van der Waals surface area contributed by atoms with Gasteiger partial charge in [-0.1, -0.05) is 83.1 Å². The molecular weight excluding hydrogens is 264 g/mol. The second-order valence-corrected chi connectivity index (χ2v) is 9.36. The molecule has 0 heterocycles. The quantitative estimate of drug-likeness (QED) is 0.416. The van der Waals surface area contributed by atoms with Crippen molar-refractivity contribution in [3.05, 3.63) is 0 Å². The lowest BCUT2D eigenvalue weighted by Crippen LogP contribution is -2.34. The highest BCUT2D eigenvalue weighted by molar-refractivity contribution is 4.82. The Labute approximate surface area is 142 Å². The van der Waals surface area contributed by atoms with Gasteiger partial charge in [0.2, 0.25) is 0 Å².